The van der Waals surface area contributed by atoms with E-state index in [1.165, 1.54) is 29.5 Å². The SMILES string of the molecule is C[C@@H](NC(=O)COc1cccc2c1CCCC2)c1ccc(C(C)(C)C)cc1. The zero-order chi connectivity index (χ0) is 19.4. The van der Waals surface area contributed by atoms with Crippen molar-refractivity contribution in [2.45, 2.75) is 64.8 Å². The predicted octanol–water partition coefficient (Wildman–Crippen LogP) is 5.12. The third-order valence-corrected chi connectivity index (χ3v) is 5.37. The van der Waals surface area contributed by atoms with Crippen molar-refractivity contribution in [3.63, 3.8) is 0 Å². The second kappa shape index (κ2) is 8.16. The lowest BCUT2D eigenvalue weighted by Gasteiger charge is -2.21. The van der Waals surface area contributed by atoms with E-state index in [0.717, 1.165) is 24.2 Å². The molecular weight excluding hydrogens is 334 g/mol. The first-order chi connectivity index (χ1) is 12.8. The number of benzene rings is 2. The highest BCUT2D eigenvalue weighted by Crippen LogP contribution is 2.29. The molecule has 0 spiro atoms. The van der Waals surface area contributed by atoms with Gasteiger partial charge in [-0.3, -0.25) is 4.79 Å². The monoisotopic (exact) mass is 365 g/mol. The molecule has 0 aliphatic heterocycles. The van der Waals surface area contributed by atoms with Crippen LogP contribution < -0.4 is 10.1 Å². The summed E-state index contributed by atoms with van der Waals surface area (Å²) in [5.41, 5.74) is 5.18. The van der Waals surface area contributed by atoms with E-state index < -0.39 is 0 Å². The molecule has 144 valence electrons. The molecule has 1 aliphatic rings. The van der Waals surface area contributed by atoms with E-state index in [1.807, 2.05) is 19.1 Å². The van der Waals surface area contributed by atoms with Crippen LogP contribution >= 0.6 is 0 Å². The van der Waals surface area contributed by atoms with E-state index in [1.54, 1.807) is 0 Å². The van der Waals surface area contributed by atoms with Crippen LogP contribution in [0.1, 0.15) is 68.8 Å². The summed E-state index contributed by atoms with van der Waals surface area (Å²) in [6, 6.07) is 14.6. The molecule has 3 nitrogen and oxygen atoms in total. The number of hydrogen-bond acceptors (Lipinski definition) is 2. The first-order valence-electron chi connectivity index (χ1n) is 9.98. The normalized spacial score (nSPS) is 15.0. The molecule has 27 heavy (non-hydrogen) atoms. The van der Waals surface area contributed by atoms with Crippen LogP contribution in [0, 0.1) is 0 Å². The fourth-order valence-corrected chi connectivity index (χ4v) is 3.66. The molecule has 0 saturated heterocycles. The van der Waals surface area contributed by atoms with Crippen molar-refractivity contribution in [2.75, 3.05) is 6.61 Å². The van der Waals surface area contributed by atoms with Gasteiger partial charge in [0.1, 0.15) is 5.75 Å². The van der Waals surface area contributed by atoms with Gasteiger partial charge in [0.05, 0.1) is 6.04 Å². The van der Waals surface area contributed by atoms with Crippen molar-refractivity contribution in [2.24, 2.45) is 0 Å². The van der Waals surface area contributed by atoms with Crippen molar-refractivity contribution in [3.05, 3.63) is 64.7 Å². The van der Waals surface area contributed by atoms with Gasteiger partial charge in [-0.15, -0.1) is 0 Å². The maximum absolute atomic E-state index is 12.4. The van der Waals surface area contributed by atoms with E-state index in [2.05, 4.69) is 56.4 Å². The average Bonchev–Trinajstić information content (AvgIpc) is 2.65. The molecule has 0 fully saturated rings. The van der Waals surface area contributed by atoms with E-state index >= 15 is 0 Å². The lowest BCUT2D eigenvalue weighted by Crippen LogP contribution is -2.31. The molecule has 0 aromatic heterocycles. The van der Waals surface area contributed by atoms with Crippen LogP contribution in [0.2, 0.25) is 0 Å². The topological polar surface area (TPSA) is 38.3 Å². The Morgan fingerprint density at radius 2 is 1.78 bits per heavy atom. The van der Waals surface area contributed by atoms with Gasteiger partial charge in [0, 0.05) is 0 Å². The zero-order valence-corrected chi connectivity index (χ0v) is 17.0. The number of rotatable bonds is 5. The number of fused-ring (bicyclic) bond motifs is 1. The van der Waals surface area contributed by atoms with E-state index in [-0.39, 0.29) is 24.0 Å². The molecule has 1 N–H and O–H groups in total. The second-order valence-corrected chi connectivity index (χ2v) is 8.55. The Hall–Kier alpha value is -2.29. The fraction of sp³-hybridized carbons (Fsp3) is 0.458. The lowest BCUT2D eigenvalue weighted by atomic mass is 9.86. The molecule has 2 aromatic carbocycles. The number of carbonyl (C=O) groups is 1. The summed E-state index contributed by atoms with van der Waals surface area (Å²) in [5, 5.41) is 3.04. The number of hydrogen-bond donors (Lipinski definition) is 1. The predicted molar refractivity (Wildman–Crippen MR) is 110 cm³/mol. The van der Waals surface area contributed by atoms with Gasteiger partial charge in [-0.1, -0.05) is 57.2 Å². The standard InChI is InChI=1S/C24H31NO2/c1-17(18-12-14-20(15-13-18)24(2,3)4)25-23(26)16-27-22-11-7-9-19-8-5-6-10-21(19)22/h7,9,11-15,17H,5-6,8,10,16H2,1-4H3,(H,25,26)/t17-/m1/s1. The summed E-state index contributed by atoms with van der Waals surface area (Å²) in [6.45, 7) is 8.67. The smallest absolute Gasteiger partial charge is 0.258 e. The molecule has 0 radical (unpaired) electrons. The van der Waals surface area contributed by atoms with Crippen LogP contribution in [0.4, 0.5) is 0 Å². The van der Waals surface area contributed by atoms with E-state index in [0.29, 0.717) is 0 Å². The Kier molecular flexibility index (Phi) is 5.88. The Bertz CT molecular complexity index is 787. The number of ether oxygens (including phenoxy) is 1. The van der Waals surface area contributed by atoms with Gasteiger partial charge in [-0.25, -0.2) is 0 Å². The first-order valence-corrected chi connectivity index (χ1v) is 9.98. The quantitative estimate of drug-likeness (QED) is 0.799. The third-order valence-electron chi connectivity index (χ3n) is 5.37. The van der Waals surface area contributed by atoms with Crippen LogP contribution in [-0.2, 0) is 23.1 Å². The molecule has 2 aromatic rings. The van der Waals surface area contributed by atoms with Gasteiger partial charge in [0.15, 0.2) is 6.61 Å². The van der Waals surface area contributed by atoms with Crippen molar-refractivity contribution < 1.29 is 9.53 Å². The van der Waals surface area contributed by atoms with Crippen LogP contribution in [-0.4, -0.2) is 12.5 Å². The molecular formula is C24H31NO2. The summed E-state index contributed by atoms with van der Waals surface area (Å²) in [5.74, 6) is 0.778. The van der Waals surface area contributed by atoms with Gasteiger partial charge in [0.25, 0.3) is 5.91 Å². The summed E-state index contributed by atoms with van der Waals surface area (Å²) < 4.78 is 5.85. The van der Waals surface area contributed by atoms with E-state index in [9.17, 15) is 4.79 Å². The Morgan fingerprint density at radius 3 is 2.48 bits per heavy atom. The minimum Gasteiger partial charge on any atom is -0.483 e. The second-order valence-electron chi connectivity index (χ2n) is 8.55. The van der Waals surface area contributed by atoms with Gasteiger partial charge < -0.3 is 10.1 Å². The van der Waals surface area contributed by atoms with Crippen LogP contribution in [0.5, 0.6) is 5.75 Å². The third kappa shape index (κ3) is 4.91. The Balaban J connectivity index is 1.56. The molecule has 3 rings (SSSR count). The molecule has 0 heterocycles. The molecule has 3 heteroatoms. The fourth-order valence-electron chi connectivity index (χ4n) is 3.66. The molecule has 1 atom stereocenters. The van der Waals surface area contributed by atoms with Crippen LogP contribution in [0.15, 0.2) is 42.5 Å². The van der Waals surface area contributed by atoms with Crippen LogP contribution in [0.25, 0.3) is 0 Å². The molecule has 0 saturated carbocycles. The van der Waals surface area contributed by atoms with Crippen molar-refractivity contribution in [1.29, 1.82) is 0 Å². The lowest BCUT2D eigenvalue weighted by molar-refractivity contribution is -0.123. The largest absolute Gasteiger partial charge is 0.483 e. The summed E-state index contributed by atoms with van der Waals surface area (Å²) in [4.78, 5) is 12.4. The van der Waals surface area contributed by atoms with Gasteiger partial charge >= 0.3 is 0 Å². The highest BCUT2D eigenvalue weighted by Gasteiger charge is 2.17. The molecule has 1 aliphatic carbocycles. The minimum atomic E-state index is -0.0872. The maximum atomic E-state index is 12.4. The summed E-state index contributed by atoms with van der Waals surface area (Å²) in [7, 11) is 0. The minimum absolute atomic E-state index is 0.0418. The van der Waals surface area contributed by atoms with Gasteiger partial charge in [-0.2, -0.15) is 0 Å². The van der Waals surface area contributed by atoms with Crippen LogP contribution in [0.3, 0.4) is 0 Å². The molecule has 1 amide bonds. The molecule has 0 bridgehead atoms. The number of aryl methyl sites for hydroxylation is 1. The summed E-state index contributed by atoms with van der Waals surface area (Å²) in [6.07, 6.45) is 4.59. The average molecular weight is 366 g/mol. The highest BCUT2D eigenvalue weighted by molar-refractivity contribution is 5.78. The van der Waals surface area contributed by atoms with Crippen molar-refractivity contribution in [1.82, 2.24) is 5.32 Å². The zero-order valence-electron chi connectivity index (χ0n) is 17.0. The highest BCUT2D eigenvalue weighted by atomic mass is 16.5. The van der Waals surface area contributed by atoms with Gasteiger partial charge in [0.2, 0.25) is 0 Å². The maximum Gasteiger partial charge on any atom is 0.258 e. The first kappa shape index (κ1) is 19.5. The van der Waals surface area contributed by atoms with E-state index in [4.69, 9.17) is 4.74 Å². The number of carbonyl (C=O) groups excluding carboxylic acids is 1. The number of amides is 1. The van der Waals surface area contributed by atoms with Gasteiger partial charge in [-0.05, 0) is 66.3 Å². The number of nitrogens with one attached hydrogen (secondary N) is 1. The van der Waals surface area contributed by atoms with Crippen molar-refractivity contribution >= 4 is 5.91 Å². The molecule has 0 unspecified atom stereocenters. The van der Waals surface area contributed by atoms with Crippen molar-refractivity contribution in [3.8, 4) is 5.75 Å². The summed E-state index contributed by atoms with van der Waals surface area (Å²) >= 11 is 0. The Labute approximate surface area is 163 Å². The Morgan fingerprint density at radius 1 is 1.07 bits per heavy atom.